The molecule has 0 spiro atoms. The van der Waals surface area contributed by atoms with Crippen LogP contribution in [-0.4, -0.2) is 35.5 Å². The minimum atomic E-state index is -0.371. The highest BCUT2D eigenvalue weighted by Crippen LogP contribution is 2.38. The smallest absolute Gasteiger partial charge is 0.410 e. The Labute approximate surface area is 94.6 Å². The van der Waals surface area contributed by atoms with Crippen LogP contribution in [0, 0.1) is 0 Å². The van der Waals surface area contributed by atoms with Crippen LogP contribution in [0.2, 0.25) is 0 Å². The third kappa shape index (κ3) is 1.37. The molecule has 2 bridgehead atoms. The van der Waals surface area contributed by atoms with Gasteiger partial charge in [-0.25, -0.2) is 4.79 Å². The Morgan fingerprint density at radius 2 is 1.88 bits per heavy atom. The summed E-state index contributed by atoms with van der Waals surface area (Å²) in [6.07, 6.45) is 1.17. The first-order valence-electron chi connectivity index (χ1n) is 5.45. The van der Waals surface area contributed by atoms with Crippen molar-refractivity contribution in [1.82, 2.24) is 4.90 Å². The molecule has 0 aromatic rings. The van der Waals surface area contributed by atoms with E-state index < -0.39 is 0 Å². The van der Waals surface area contributed by atoms with E-state index in [4.69, 9.17) is 4.74 Å². The van der Waals surface area contributed by atoms with Crippen molar-refractivity contribution in [3.63, 3.8) is 0 Å². The molecule has 2 saturated heterocycles. The van der Waals surface area contributed by atoms with Crippen molar-refractivity contribution in [2.75, 3.05) is 6.61 Å². The fourth-order valence-electron chi connectivity index (χ4n) is 2.46. The standard InChI is InChI=1S/C12H15NO3/c1-4-16-12(15)13-9-5-6-10(13)8(3)11(14)7(9)2/h9-10H,2-6H2,1H3/t9-,10+. The molecule has 0 N–H and O–H groups in total. The number of ether oxygens (including phenoxy) is 1. The SMILES string of the molecule is C=C1C(=O)C(=C)[C@@H]2CC[C@H]1N2C(=O)OCC. The van der Waals surface area contributed by atoms with E-state index in [1.807, 2.05) is 0 Å². The zero-order chi connectivity index (χ0) is 11.9. The Morgan fingerprint density at radius 1 is 1.38 bits per heavy atom. The molecule has 0 unspecified atom stereocenters. The van der Waals surface area contributed by atoms with E-state index in [-0.39, 0.29) is 24.0 Å². The van der Waals surface area contributed by atoms with Crippen LogP contribution in [0.3, 0.4) is 0 Å². The molecule has 2 heterocycles. The Balaban J connectivity index is 2.29. The molecule has 0 radical (unpaired) electrons. The Morgan fingerprint density at radius 3 is 2.31 bits per heavy atom. The second-order valence-electron chi connectivity index (χ2n) is 4.09. The number of ketones is 1. The monoisotopic (exact) mass is 221 g/mol. The molecule has 0 aromatic carbocycles. The molecule has 2 aliphatic rings. The Bertz CT molecular complexity index is 360. The highest BCUT2D eigenvalue weighted by atomic mass is 16.6. The third-order valence-electron chi connectivity index (χ3n) is 3.25. The van der Waals surface area contributed by atoms with Gasteiger partial charge < -0.3 is 4.74 Å². The van der Waals surface area contributed by atoms with E-state index >= 15 is 0 Å². The van der Waals surface area contributed by atoms with Gasteiger partial charge in [0.05, 0.1) is 18.7 Å². The summed E-state index contributed by atoms with van der Waals surface area (Å²) in [5, 5.41) is 0. The summed E-state index contributed by atoms with van der Waals surface area (Å²) in [4.78, 5) is 25.1. The van der Waals surface area contributed by atoms with Crippen molar-refractivity contribution >= 4 is 11.9 Å². The molecule has 0 aliphatic carbocycles. The Hall–Kier alpha value is -1.58. The molecular weight excluding hydrogens is 206 g/mol. The summed E-state index contributed by atoms with van der Waals surface area (Å²) in [6.45, 7) is 9.61. The van der Waals surface area contributed by atoms with E-state index in [1.165, 1.54) is 0 Å². The molecule has 86 valence electrons. The van der Waals surface area contributed by atoms with Gasteiger partial charge >= 0.3 is 6.09 Å². The average Bonchev–Trinajstić information content (AvgIpc) is 2.66. The van der Waals surface area contributed by atoms with Crippen molar-refractivity contribution in [2.45, 2.75) is 31.8 Å². The molecule has 1 amide bonds. The summed E-state index contributed by atoms with van der Waals surface area (Å²) >= 11 is 0. The van der Waals surface area contributed by atoms with Gasteiger partial charge in [0.2, 0.25) is 0 Å². The number of Topliss-reactive ketones (excluding diaryl/α,β-unsaturated/α-hetero) is 1. The number of nitrogens with zero attached hydrogens (tertiary/aromatic N) is 1. The van der Waals surface area contributed by atoms with Gasteiger partial charge in [-0.15, -0.1) is 0 Å². The maximum Gasteiger partial charge on any atom is 0.410 e. The first-order chi connectivity index (χ1) is 7.57. The zero-order valence-electron chi connectivity index (χ0n) is 9.36. The van der Waals surface area contributed by atoms with Crippen molar-refractivity contribution in [3.05, 3.63) is 24.3 Å². The van der Waals surface area contributed by atoms with Gasteiger partial charge in [0.1, 0.15) is 0 Å². The van der Waals surface area contributed by atoms with E-state index in [9.17, 15) is 9.59 Å². The Kier molecular flexibility index (Phi) is 2.58. The molecule has 2 aliphatic heterocycles. The third-order valence-corrected chi connectivity index (χ3v) is 3.25. The van der Waals surface area contributed by atoms with Gasteiger partial charge in [-0.3, -0.25) is 9.69 Å². The van der Waals surface area contributed by atoms with Crippen LogP contribution in [0.5, 0.6) is 0 Å². The van der Waals surface area contributed by atoms with Crippen molar-refractivity contribution < 1.29 is 14.3 Å². The van der Waals surface area contributed by atoms with Crippen LogP contribution in [-0.2, 0) is 9.53 Å². The van der Waals surface area contributed by atoms with Crippen LogP contribution >= 0.6 is 0 Å². The average molecular weight is 221 g/mol. The van der Waals surface area contributed by atoms with Crippen LogP contribution in [0.25, 0.3) is 0 Å². The highest BCUT2D eigenvalue weighted by molar-refractivity contribution is 6.11. The molecule has 2 rings (SSSR count). The summed E-state index contributed by atoms with van der Waals surface area (Å²) in [6, 6.07) is -0.385. The van der Waals surface area contributed by atoms with Gasteiger partial charge in [-0.05, 0) is 19.8 Å². The van der Waals surface area contributed by atoms with Crippen molar-refractivity contribution in [3.8, 4) is 0 Å². The lowest BCUT2D eigenvalue weighted by Crippen LogP contribution is -2.49. The largest absolute Gasteiger partial charge is 0.450 e. The molecule has 16 heavy (non-hydrogen) atoms. The minimum absolute atomic E-state index is 0.0898. The number of piperidine rings is 1. The summed E-state index contributed by atoms with van der Waals surface area (Å²) in [7, 11) is 0. The quantitative estimate of drug-likeness (QED) is 0.633. The van der Waals surface area contributed by atoms with Crippen LogP contribution in [0.1, 0.15) is 19.8 Å². The van der Waals surface area contributed by atoms with Gasteiger partial charge in [-0.1, -0.05) is 13.2 Å². The lowest BCUT2D eigenvalue weighted by atomic mass is 9.93. The first-order valence-corrected chi connectivity index (χ1v) is 5.45. The fourth-order valence-corrected chi connectivity index (χ4v) is 2.46. The number of carbonyl (C=O) groups is 2. The summed E-state index contributed by atoms with van der Waals surface area (Å²) in [5.74, 6) is -0.0898. The second-order valence-corrected chi connectivity index (χ2v) is 4.09. The lowest BCUT2D eigenvalue weighted by Gasteiger charge is -2.35. The lowest BCUT2D eigenvalue weighted by molar-refractivity contribution is -0.114. The maximum atomic E-state index is 11.8. The predicted molar refractivity (Wildman–Crippen MR) is 59.0 cm³/mol. The number of amides is 1. The molecule has 4 heteroatoms. The summed E-state index contributed by atoms with van der Waals surface area (Å²) < 4.78 is 4.99. The minimum Gasteiger partial charge on any atom is -0.450 e. The highest BCUT2D eigenvalue weighted by Gasteiger charge is 2.47. The number of fused-ring (bicyclic) bond motifs is 2. The van der Waals surface area contributed by atoms with Crippen LogP contribution < -0.4 is 0 Å². The van der Waals surface area contributed by atoms with Gasteiger partial charge in [0, 0.05) is 11.1 Å². The summed E-state index contributed by atoms with van der Waals surface area (Å²) in [5.41, 5.74) is 0.929. The van der Waals surface area contributed by atoms with Crippen LogP contribution in [0.4, 0.5) is 4.79 Å². The number of hydrogen-bond acceptors (Lipinski definition) is 3. The van der Waals surface area contributed by atoms with E-state index in [1.54, 1.807) is 11.8 Å². The van der Waals surface area contributed by atoms with Gasteiger partial charge in [-0.2, -0.15) is 0 Å². The van der Waals surface area contributed by atoms with Gasteiger partial charge in [0.15, 0.2) is 5.78 Å². The predicted octanol–water partition coefficient (Wildman–Crippen LogP) is 1.67. The van der Waals surface area contributed by atoms with E-state index in [0.717, 1.165) is 12.8 Å². The number of hydrogen-bond donors (Lipinski definition) is 0. The zero-order valence-corrected chi connectivity index (χ0v) is 9.36. The van der Waals surface area contributed by atoms with Crippen LogP contribution in [0.15, 0.2) is 24.3 Å². The van der Waals surface area contributed by atoms with Gasteiger partial charge in [0.25, 0.3) is 0 Å². The van der Waals surface area contributed by atoms with Crippen molar-refractivity contribution in [2.24, 2.45) is 0 Å². The molecule has 4 nitrogen and oxygen atoms in total. The molecule has 0 saturated carbocycles. The second kappa shape index (κ2) is 3.77. The normalized spacial score (nSPS) is 28.6. The molecule has 2 fully saturated rings. The number of rotatable bonds is 1. The topological polar surface area (TPSA) is 46.6 Å². The molecule has 0 aromatic heterocycles. The molecule has 2 atom stereocenters. The maximum absolute atomic E-state index is 11.8. The number of carbonyl (C=O) groups excluding carboxylic acids is 2. The van der Waals surface area contributed by atoms with E-state index in [2.05, 4.69) is 13.2 Å². The first kappa shape index (κ1) is 10.9. The van der Waals surface area contributed by atoms with E-state index in [0.29, 0.717) is 17.8 Å². The fraction of sp³-hybridized carbons (Fsp3) is 0.500. The molecular formula is C12H15NO3. The van der Waals surface area contributed by atoms with Crippen molar-refractivity contribution in [1.29, 1.82) is 0 Å².